The fourth-order valence-corrected chi connectivity index (χ4v) is 1.63. The van der Waals surface area contributed by atoms with Gasteiger partial charge < -0.3 is 14.8 Å². The molecule has 0 fully saturated rings. The average Bonchev–Trinajstić information content (AvgIpc) is 2.40. The summed E-state index contributed by atoms with van der Waals surface area (Å²) in [7, 11) is 0. The summed E-state index contributed by atoms with van der Waals surface area (Å²) in [5, 5.41) is 3.50. The molecule has 0 atom stereocenters. The van der Waals surface area contributed by atoms with Crippen molar-refractivity contribution in [2.24, 2.45) is 0 Å². The molecular weight excluding hydrogens is 278 g/mol. The molecular formula is C15H22ClNO3. The summed E-state index contributed by atoms with van der Waals surface area (Å²) in [6, 6.07) is 7.07. The number of rotatable bonds is 9. The molecule has 1 rings (SSSR count). The van der Waals surface area contributed by atoms with Crippen LogP contribution in [0.3, 0.4) is 0 Å². The molecule has 20 heavy (non-hydrogen) atoms. The summed E-state index contributed by atoms with van der Waals surface area (Å²) in [6.45, 7) is 5.64. The van der Waals surface area contributed by atoms with Crippen LogP contribution < -0.4 is 10.1 Å². The smallest absolute Gasteiger partial charge is 0.223 e. The first-order chi connectivity index (χ1) is 9.58. The molecule has 1 aromatic carbocycles. The van der Waals surface area contributed by atoms with E-state index in [2.05, 4.69) is 5.32 Å². The molecule has 4 nitrogen and oxygen atoms in total. The number of halogens is 1. The van der Waals surface area contributed by atoms with E-state index < -0.39 is 0 Å². The minimum atomic E-state index is -0.0106. The third-order valence-corrected chi connectivity index (χ3v) is 2.76. The fourth-order valence-electron chi connectivity index (χ4n) is 1.50. The van der Waals surface area contributed by atoms with Gasteiger partial charge in [0, 0.05) is 18.2 Å². The molecule has 0 radical (unpaired) electrons. The molecule has 1 aromatic rings. The van der Waals surface area contributed by atoms with Gasteiger partial charge in [0.1, 0.15) is 5.75 Å². The molecule has 0 saturated heterocycles. The molecule has 1 amide bonds. The molecule has 0 aliphatic heterocycles. The Balaban J connectivity index is 2.04. The van der Waals surface area contributed by atoms with Gasteiger partial charge in [-0.25, -0.2) is 0 Å². The number of amides is 1. The van der Waals surface area contributed by atoms with Gasteiger partial charge >= 0.3 is 0 Å². The van der Waals surface area contributed by atoms with Crippen LogP contribution in [0.1, 0.15) is 26.7 Å². The van der Waals surface area contributed by atoms with Crippen LogP contribution in [0.5, 0.6) is 5.75 Å². The van der Waals surface area contributed by atoms with Crippen LogP contribution in [-0.4, -0.2) is 31.8 Å². The lowest BCUT2D eigenvalue weighted by Gasteiger charge is -2.09. The molecule has 0 spiro atoms. The molecule has 5 heteroatoms. The topological polar surface area (TPSA) is 47.6 Å². The minimum Gasteiger partial charge on any atom is -0.493 e. The first-order valence-corrected chi connectivity index (χ1v) is 7.22. The van der Waals surface area contributed by atoms with Crippen molar-refractivity contribution in [3.8, 4) is 5.75 Å². The Kier molecular flexibility index (Phi) is 8.07. The Morgan fingerprint density at radius 3 is 2.60 bits per heavy atom. The summed E-state index contributed by atoms with van der Waals surface area (Å²) in [6.07, 6.45) is 1.40. The van der Waals surface area contributed by atoms with Crippen molar-refractivity contribution in [1.29, 1.82) is 0 Å². The number of ether oxygens (including phenoxy) is 2. The van der Waals surface area contributed by atoms with Gasteiger partial charge in [0.25, 0.3) is 0 Å². The van der Waals surface area contributed by atoms with Gasteiger partial charge in [0.15, 0.2) is 0 Å². The number of hydrogen-bond donors (Lipinski definition) is 1. The summed E-state index contributed by atoms with van der Waals surface area (Å²) in [4.78, 5) is 11.5. The van der Waals surface area contributed by atoms with Crippen LogP contribution in [0, 0.1) is 0 Å². The predicted molar refractivity (Wildman–Crippen MR) is 80.3 cm³/mol. The van der Waals surface area contributed by atoms with E-state index in [-0.39, 0.29) is 12.0 Å². The van der Waals surface area contributed by atoms with Gasteiger partial charge in [0.05, 0.1) is 19.1 Å². The van der Waals surface area contributed by atoms with Crippen molar-refractivity contribution >= 4 is 17.5 Å². The van der Waals surface area contributed by atoms with Crippen molar-refractivity contribution in [2.45, 2.75) is 32.8 Å². The van der Waals surface area contributed by atoms with Crippen molar-refractivity contribution in [2.75, 3.05) is 19.8 Å². The highest BCUT2D eigenvalue weighted by Gasteiger charge is 2.02. The lowest BCUT2D eigenvalue weighted by Crippen LogP contribution is -2.26. The lowest BCUT2D eigenvalue weighted by atomic mass is 10.3. The average molecular weight is 300 g/mol. The first-order valence-electron chi connectivity index (χ1n) is 6.84. The minimum absolute atomic E-state index is 0.0106. The zero-order valence-corrected chi connectivity index (χ0v) is 12.8. The SMILES string of the molecule is CC(C)OCCCNC(=O)CCOc1ccc(Cl)cc1. The zero-order chi connectivity index (χ0) is 14.8. The third-order valence-electron chi connectivity index (χ3n) is 2.51. The van der Waals surface area contributed by atoms with Crippen LogP contribution in [0.15, 0.2) is 24.3 Å². The normalized spacial score (nSPS) is 10.6. The Labute approximate surface area is 125 Å². The molecule has 0 aliphatic carbocycles. The molecule has 0 aromatic heterocycles. The number of carbonyl (C=O) groups is 1. The van der Waals surface area contributed by atoms with Gasteiger partial charge in [-0.15, -0.1) is 0 Å². The largest absolute Gasteiger partial charge is 0.493 e. The van der Waals surface area contributed by atoms with Crippen LogP contribution in [0.25, 0.3) is 0 Å². The van der Waals surface area contributed by atoms with E-state index in [9.17, 15) is 4.79 Å². The Bertz CT molecular complexity index is 393. The van der Waals surface area contributed by atoms with Crippen molar-refractivity contribution in [3.63, 3.8) is 0 Å². The van der Waals surface area contributed by atoms with E-state index in [0.29, 0.717) is 37.0 Å². The van der Waals surface area contributed by atoms with Crippen molar-refractivity contribution in [1.82, 2.24) is 5.32 Å². The van der Waals surface area contributed by atoms with Gasteiger partial charge in [-0.1, -0.05) is 11.6 Å². The summed E-state index contributed by atoms with van der Waals surface area (Å²) in [5.41, 5.74) is 0. The highest BCUT2D eigenvalue weighted by atomic mass is 35.5. The van der Waals surface area contributed by atoms with E-state index in [1.807, 2.05) is 13.8 Å². The maximum Gasteiger partial charge on any atom is 0.223 e. The molecule has 0 unspecified atom stereocenters. The fraction of sp³-hybridized carbons (Fsp3) is 0.533. The van der Waals surface area contributed by atoms with Gasteiger partial charge in [0.2, 0.25) is 5.91 Å². The van der Waals surface area contributed by atoms with E-state index in [4.69, 9.17) is 21.1 Å². The van der Waals surface area contributed by atoms with Gasteiger partial charge in [-0.2, -0.15) is 0 Å². The van der Waals surface area contributed by atoms with Crippen LogP contribution in [0.2, 0.25) is 5.02 Å². The summed E-state index contributed by atoms with van der Waals surface area (Å²) >= 11 is 5.77. The summed E-state index contributed by atoms with van der Waals surface area (Å²) < 4.78 is 10.8. The maximum atomic E-state index is 11.5. The Hall–Kier alpha value is -1.26. The number of nitrogens with one attached hydrogen (secondary N) is 1. The van der Waals surface area contributed by atoms with Gasteiger partial charge in [-0.3, -0.25) is 4.79 Å². The first kappa shape index (κ1) is 16.8. The highest BCUT2D eigenvalue weighted by molar-refractivity contribution is 6.30. The second-order valence-electron chi connectivity index (χ2n) is 4.68. The van der Waals surface area contributed by atoms with Crippen molar-refractivity contribution in [3.05, 3.63) is 29.3 Å². The highest BCUT2D eigenvalue weighted by Crippen LogP contribution is 2.15. The monoisotopic (exact) mass is 299 g/mol. The van der Waals surface area contributed by atoms with Crippen LogP contribution in [-0.2, 0) is 9.53 Å². The van der Waals surface area contributed by atoms with E-state index in [1.165, 1.54) is 0 Å². The number of benzene rings is 1. The molecule has 0 heterocycles. The summed E-state index contributed by atoms with van der Waals surface area (Å²) in [5.74, 6) is 0.705. The van der Waals surface area contributed by atoms with Crippen LogP contribution in [0.4, 0.5) is 0 Å². The third kappa shape index (κ3) is 8.02. The second-order valence-corrected chi connectivity index (χ2v) is 5.11. The molecule has 1 N–H and O–H groups in total. The van der Waals surface area contributed by atoms with E-state index in [0.717, 1.165) is 6.42 Å². The Morgan fingerprint density at radius 1 is 1.25 bits per heavy atom. The van der Waals surface area contributed by atoms with Gasteiger partial charge in [-0.05, 0) is 44.5 Å². The second kappa shape index (κ2) is 9.61. The molecule has 0 saturated carbocycles. The molecule has 0 bridgehead atoms. The maximum absolute atomic E-state index is 11.5. The molecule has 112 valence electrons. The standard InChI is InChI=1S/C15H22ClNO3/c1-12(2)19-10-3-9-17-15(18)8-11-20-14-6-4-13(16)5-7-14/h4-7,12H,3,8-11H2,1-2H3,(H,17,18). The van der Waals surface area contributed by atoms with Crippen molar-refractivity contribution < 1.29 is 14.3 Å². The van der Waals surface area contributed by atoms with E-state index in [1.54, 1.807) is 24.3 Å². The quantitative estimate of drug-likeness (QED) is 0.713. The number of hydrogen-bond acceptors (Lipinski definition) is 3. The van der Waals surface area contributed by atoms with E-state index >= 15 is 0 Å². The lowest BCUT2D eigenvalue weighted by molar-refractivity contribution is -0.121. The number of carbonyl (C=O) groups excluding carboxylic acids is 1. The zero-order valence-electron chi connectivity index (χ0n) is 12.0. The molecule has 0 aliphatic rings. The Morgan fingerprint density at radius 2 is 1.95 bits per heavy atom. The predicted octanol–water partition coefficient (Wildman–Crippen LogP) is 3.04. The van der Waals surface area contributed by atoms with Crippen LogP contribution >= 0.6 is 11.6 Å².